The van der Waals surface area contributed by atoms with Gasteiger partial charge in [0.05, 0.1) is 31.2 Å². The van der Waals surface area contributed by atoms with Crippen LogP contribution in [-0.4, -0.2) is 0 Å². The highest BCUT2D eigenvalue weighted by Crippen LogP contribution is 2.59. The van der Waals surface area contributed by atoms with Gasteiger partial charge >= 0.3 is 0 Å². The Morgan fingerprint density at radius 2 is 1.09 bits per heavy atom. The summed E-state index contributed by atoms with van der Waals surface area (Å²) in [5.74, 6) is 0. The van der Waals surface area contributed by atoms with E-state index in [1.807, 2.05) is 36.4 Å². The maximum absolute atomic E-state index is 6.23. The van der Waals surface area contributed by atoms with Gasteiger partial charge < -0.3 is 0 Å². The number of halogens is 4. The molecule has 1 aliphatic heterocycles. The lowest BCUT2D eigenvalue weighted by molar-refractivity contribution is 0.507. The maximum Gasteiger partial charge on any atom is 0.0667 e. The molecule has 2 aromatic rings. The van der Waals surface area contributed by atoms with Gasteiger partial charge in [-0.25, -0.2) is 0 Å². The van der Waals surface area contributed by atoms with Crippen molar-refractivity contribution in [3.8, 4) is 0 Å². The number of rotatable bonds is 4. The van der Waals surface area contributed by atoms with E-state index in [1.54, 1.807) is 0 Å². The number of hydrogen-bond acceptors (Lipinski definition) is 1. The lowest BCUT2D eigenvalue weighted by Crippen LogP contribution is -2.21. The van der Waals surface area contributed by atoms with E-state index in [1.165, 1.54) is 0 Å². The predicted molar refractivity (Wildman–Crippen MR) is 100.0 cm³/mol. The first kappa shape index (κ1) is 17.4. The van der Waals surface area contributed by atoms with Gasteiger partial charge in [0, 0.05) is 0 Å². The maximum atomic E-state index is 6.23. The monoisotopic (exact) mass is 387 g/mol. The Morgan fingerprint density at radius 1 is 0.696 bits per heavy atom. The third kappa shape index (κ3) is 2.58. The molecule has 0 amide bonds. The smallest absolute Gasteiger partial charge is 0.0667 e. The fourth-order valence-corrected chi connectivity index (χ4v) is 4.28. The molecule has 2 atom stereocenters. The Labute approximate surface area is 156 Å². The zero-order chi connectivity index (χ0) is 16.8. The molecule has 122 valence electrons. The molecule has 1 heterocycles. The van der Waals surface area contributed by atoms with Crippen LogP contribution in [-0.2, 0) is 11.1 Å². The third-order valence-corrected chi connectivity index (χ3v) is 6.46. The second-order valence-corrected chi connectivity index (χ2v) is 7.53. The quantitative estimate of drug-likeness (QED) is 0.570. The lowest BCUT2D eigenvalue weighted by Gasteiger charge is -2.23. The molecule has 2 unspecified atom stereocenters. The minimum absolute atomic E-state index is 0.173. The van der Waals surface area contributed by atoms with Crippen LogP contribution in [0.4, 0.5) is 0 Å². The van der Waals surface area contributed by atoms with Gasteiger partial charge in [0.15, 0.2) is 0 Å². The summed E-state index contributed by atoms with van der Waals surface area (Å²) in [5, 5.41) is 6.00. The van der Waals surface area contributed by atoms with E-state index in [-0.39, 0.29) is 11.1 Å². The normalized spacial score (nSPS) is 26.3. The first-order valence-corrected chi connectivity index (χ1v) is 9.12. The highest BCUT2D eigenvalue weighted by molar-refractivity contribution is 6.42. The van der Waals surface area contributed by atoms with E-state index >= 15 is 0 Å². The summed E-state index contributed by atoms with van der Waals surface area (Å²) < 4.78 is 0. The van der Waals surface area contributed by atoms with E-state index in [0.29, 0.717) is 20.1 Å². The van der Waals surface area contributed by atoms with Crippen LogP contribution in [0.1, 0.15) is 37.8 Å². The molecule has 3 rings (SSSR count). The first-order chi connectivity index (χ1) is 10.9. The highest BCUT2D eigenvalue weighted by atomic mass is 35.5. The zero-order valence-corrected chi connectivity index (χ0v) is 15.9. The molecule has 1 saturated heterocycles. The average molecular weight is 389 g/mol. The fraction of sp³-hybridized carbons (Fsp3) is 0.333. The Morgan fingerprint density at radius 3 is 1.39 bits per heavy atom. The van der Waals surface area contributed by atoms with Crippen molar-refractivity contribution >= 4 is 46.4 Å². The van der Waals surface area contributed by atoms with Gasteiger partial charge in [0.1, 0.15) is 0 Å². The minimum atomic E-state index is -0.173. The molecule has 1 fully saturated rings. The Balaban J connectivity index is 2.10. The molecular formula is C18H17Cl4N. The topological polar surface area (TPSA) is 21.9 Å². The summed E-state index contributed by atoms with van der Waals surface area (Å²) in [6.45, 7) is 4.34. The summed E-state index contributed by atoms with van der Waals surface area (Å²) in [4.78, 5) is 0. The molecule has 0 radical (unpaired) electrons. The Kier molecular flexibility index (Phi) is 4.63. The van der Waals surface area contributed by atoms with E-state index in [0.717, 1.165) is 24.0 Å². The van der Waals surface area contributed by atoms with E-state index in [4.69, 9.17) is 46.4 Å². The number of benzene rings is 2. The van der Waals surface area contributed by atoms with Crippen molar-refractivity contribution in [3.63, 3.8) is 0 Å². The molecule has 1 aliphatic rings. The molecular weight excluding hydrogens is 372 g/mol. The van der Waals surface area contributed by atoms with Gasteiger partial charge in [-0.15, -0.1) is 0 Å². The van der Waals surface area contributed by atoms with Crippen LogP contribution < -0.4 is 5.32 Å². The molecule has 1 N–H and O–H groups in total. The number of hydrogen-bond donors (Lipinski definition) is 1. The van der Waals surface area contributed by atoms with Gasteiger partial charge in [0.25, 0.3) is 0 Å². The van der Waals surface area contributed by atoms with Crippen molar-refractivity contribution < 1.29 is 0 Å². The molecule has 0 saturated carbocycles. The summed E-state index contributed by atoms with van der Waals surface area (Å²) >= 11 is 24.6. The van der Waals surface area contributed by atoms with Crippen molar-refractivity contribution in [1.29, 1.82) is 0 Å². The molecule has 5 heteroatoms. The summed E-state index contributed by atoms with van der Waals surface area (Å²) in [7, 11) is 0. The van der Waals surface area contributed by atoms with Crippen molar-refractivity contribution in [3.05, 3.63) is 67.6 Å². The van der Waals surface area contributed by atoms with Gasteiger partial charge in [-0.2, -0.15) is 0 Å². The van der Waals surface area contributed by atoms with E-state index in [9.17, 15) is 0 Å². The van der Waals surface area contributed by atoms with Crippen LogP contribution in [0.2, 0.25) is 20.1 Å². The van der Waals surface area contributed by atoms with Crippen LogP contribution in [0.3, 0.4) is 0 Å². The second-order valence-electron chi connectivity index (χ2n) is 5.90. The van der Waals surface area contributed by atoms with Crippen molar-refractivity contribution in [2.75, 3.05) is 0 Å². The molecule has 2 aromatic carbocycles. The Bertz CT molecular complexity index is 697. The average Bonchev–Trinajstić information content (AvgIpc) is 3.23. The lowest BCUT2D eigenvalue weighted by atomic mass is 9.78. The summed E-state index contributed by atoms with van der Waals surface area (Å²) in [6.07, 6.45) is 1.86. The molecule has 0 spiro atoms. The molecule has 0 aliphatic carbocycles. The van der Waals surface area contributed by atoms with Crippen molar-refractivity contribution in [1.82, 2.24) is 5.32 Å². The van der Waals surface area contributed by atoms with Crippen LogP contribution in [0, 0.1) is 0 Å². The standard InChI is InChI=1S/C18H17Cl4N/c1-3-17(11-5-7-13(19)15(21)9-11)18(4-2,23-17)12-6-8-14(20)16(22)10-12/h5-10,23H,3-4H2,1-2H3. The molecule has 23 heavy (non-hydrogen) atoms. The Hall–Kier alpha value is -0.440. The molecule has 0 bridgehead atoms. The third-order valence-electron chi connectivity index (χ3n) is 4.98. The second kappa shape index (κ2) is 6.13. The van der Waals surface area contributed by atoms with Crippen molar-refractivity contribution in [2.45, 2.75) is 37.8 Å². The van der Waals surface area contributed by atoms with Crippen molar-refractivity contribution in [2.24, 2.45) is 0 Å². The van der Waals surface area contributed by atoms with E-state index < -0.39 is 0 Å². The van der Waals surface area contributed by atoms with Crippen LogP contribution in [0.5, 0.6) is 0 Å². The van der Waals surface area contributed by atoms with Gasteiger partial charge in [0.2, 0.25) is 0 Å². The summed E-state index contributed by atoms with van der Waals surface area (Å²) in [5.41, 5.74) is 1.94. The van der Waals surface area contributed by atoms with Crippen LogP contribution in [0.25, 0.3) is 0 Å². The number of nitrogens with one attached hydrogen (secondary N) is 1. The summed E-state index contributed by atoms with van der Waals surface area (Å²) in [6, 6.07) is 11.7. The van der Waals surface area contributed by atoms with Gasteiger partial charge in [-0.3, -0.25) is 5.32 Å². The first-order valence-electron chi connectivity index (χ1n) is 7.60. The minimum Gasteiger partial charge on any atom is -0.294 e. The zero-order valence-electron chi connectivity index (χ0n) is 12.9. The largest absolute Gasteiger partial charge is 0.294 e. The van der Waals surface area contributed by atoms with Gasteiger partial charge in [-0.05, 0) is 48.2 Å². The highest BCUT2D eigenvalue weighted by Gasteiger charge is 2.66. The predicted octanol–water partition coefficient (Wildman–Crippen LogP) is 6.81. The van der Waals surface area contributed by atoms with Gasteiger partial charge in [-0.1, -0.05) is 72.4 Å². The fourth-order valence-electron chi connectivity index (χ4n) is 3.68. The van der Waals surface area contributed by atoms with Crippen LogP contribution >= 0.6 is 46.4 Å². The van der Waals surface area contributed by atoms with Crippen LogP contribution in [0.15, 0.2) is 36.4 Å². The molecule has 0 aromatic heterocycles. The molecule has 1 nitrogen and oxygen atoms in total. The SMILES string of the molecule is CCC1(c2ccc(Cl)c(Cl)c2)NC1(CC)c1ccc(Cl)c(Cl)c1. The van der Waals surface area contributed by atoms with E-state index in [2.05, 4.69) is 19.2 Å².